The molecule has 1 saturated heterocycles. The number of carbonyl (C=O) groups excluding carboxylic acids is 2. The van der Waals surface area contributed by atoms with Crippen molar-refractivity contribution in [3.8, 4) is 0 Å². The number of aryl methyl sites for hydroxylation is 1. The molecule has 0 atom stereocenters. The lowest BCUT2D eigenvalue weighted by Crippen LogP contribution is -2.40. The number of esters is 1. The number of methoxy groups -OCH3 is 1. The average molecular weight is 373 g/mol. The van der Waals surface area contributed by atoms with E-state index < -0.39 is 0 Å². The van der Waals surface area contributed by atoms with Gasteiger partial charge in [-0.05, 0) is 49.6 Å². The molecule has 1 amide bonds. The van der Waals surface area contributed by atoms with Gasteiger partial charge in [0.1, 0.15) is 11.5 Å². The number of rotatable bonds is 5. The highest BCUT2D eigenvalue weighted by atomic mass is 19.1. The van der Waals surface area contributed by atoms with Crippen LogP contribution in [0.1, 0.15) is 34.9 Å². The fourth-order valence-electron chi connectivity index (χ4n) is 3.42. The highest BCUT2D eigenvalue weighted by Crippen LogP contribution is 2.25. The normalized spacial score (nSPS) is 15.5. The van der Waals surface area contributed by atoms with Crippen molar-refractivity contribution in [1.29, 1.82) is 0 Å². The molecule has 7 heteroatoms. The van der Waals surface area contributed by atoms with Crippen molar-refractivity contribution >= 4 is 17.6 Å². The van der Waals surface area contributed by atoms with Gasteiger partial charge in [-0.3, -0.25) is 9.69 Å². The third kappa shape index (κ3) is 4.54. The maximum absolute atomic E-state index is 13.6. The van der Waals surface area contributed by atoms with E-state index in [9.17, 15) is 14.0 Å². The van der Waals surface area contributed by atoms with Gasteiger partial charge in [0.25, 0.3) is 0 Å². The zero-order valence-electron chi connectivity index (χ0n) is 15.6. The van der Waals surface area contributed by atoms with Crippen LogP contribution in [-0.2, 0) is 9.53 Å². The van der Waals surface area contributed by atoms with Crippen LogP contribution >= 0.6 is 0 Å². The van der Waals surface area contributed by atoms with Crippen molar-refractivity contribution in [3.05, 3.63) is 53.6 Å². The van der Waals surface area contributed by atoms with Crippen LogP contribution in [0, 0.1) is 12.7 Å². The monoisotopic (exact) mass is 373 g/mol. The Balaban J connectivity index is 1.52. The largest absolute Gasteiger partial charge is 0.464 e. The highest BCUT2D eigenvalue weighted by Gasteiger charge is 2.24. The van der Waals surface area contributed by atoms with Gasteiger partial charge in [0.2, 0.25) is 5.91 Å². The van der Waals surface area contributed by atoms with Gasteiger partial charge in [-0.1, -0.05) is 6.07 Å². The summed E-state index contributed by atoms with van der Waals surface area (Å²) in [7, 11) is 1.38. The molecule has 1 aliphatic heterocycles. The Labute approximate surface area is 157 Å². The van der Waals surface area contributed by atoms with Gasteiger partial charge in [-0.15, -0.1) is 0 Å². The van der Waals surface area contributed by atoms with Crippen LogP contribution in [0.15, 0.2) is 36.5 Å². The van der Waals surface area contributed by atoms with Crippen LogP contribution in [0.25, 0.3) is 0 Å². The summed E-state index contributed by atoms with van der Waals surface area (Å²) in [6, 6.07) is 8.48. The second kappa shape index (κ2) is 8.35. The standard InChI is InChI=1S/C20H24FN3O3/c1-14-5-6-15(12-17(14)21)22-19(25)13-23-10-7-16(8-11-23)24-9-3-4-18(24)20(26)27-2/h3-6,9,12,16H,7-8,10-11,13H2,1-2H3,(H,22,25). The lowest BCUT2D eigenvalue weighted by atomic mass is 10.0. The lowest BCUT2D eigenvalue weighted by Gasteiger charge is -2.32. The predicted octanol–water partition coefficient (Wildman–Crippen LogP) is 3.00. The molecule has 0 saturated carbocycles. The number of hydrogen-bond donors (Lipinski definition) is 1. The minimum absolute atomic E-state index is 0.159. The molecule has 3 rings (SSSR count). The summed E-state index contributed by atoms with van der Waals surface area (Å²) in [5, 5.41) is 2.74. The smallest absolute Gasteiger partial charge is 0.354 e. The number of hydrogen-bond acceptors (Lipinski definition) is 4. The number of amides is 1. The molecular weight excluding hydrogens is 349 g/mol. The Morgan fingerprint density at radius 3 is 2.67 bits per heavy atom. The topological polar surface area (TPSA) is 63.6 Å². The van der Waals surface area contributed by atoms with E-state index in [4.69, 9.17) is 4.74 Å². The van der Waals surface area contributed by atoms with Crippen molar-refractivity contribution < 1.29 is 18.7 Å². The first-order chi connectivity index (χ1) is 13.0. The van der Waals surface area contributed by atoms with Crippen LogP contribution in [0.5, 0.6) is 0 Å². The lowest BCUT2D eigenvalue weighted by molar-refractivity contribution is -0.117. The van der Waals surface area contributed by atoms with E-state index in [2.05, 4.69) is 10.2 Å². The molecule has 6 nitrogen and oxygen atoms in total. The molecule has 1 fully saturated rings. The average Bonchev–Trinajstić information content (AvgIpc) is 3.14. The van der Waals surface area contributed by atoms with Crippen LogP contribution in [-0.4, -0.2) is 48.1 Å². The summed E-state index contributed by atoms with van der Waals surface area (Å²) in [6.07, 6.45) is 3.57. The van der Waals surface area contributed by atoms with Crippen molar-refractivity contribution in [1.82, 2.24) is 9.47 Å². The molecule has 144 valence electrons. The molecule has 1 aromatic heterocycles. The number of halogens is 1. The van der Waals surface area contributed by atoms with Gasteiger partial charge in [0.15, 0.2) is 0 Å². The van der Waals surface area contributed by atoms with Crippen molar-refractivity contribution in [2.24, 2.45) is 0 Å². The Hall–Kier alpha value is -2.67. The van der Waals surface area contributed by atoms with Gasteiger partial charge >= 0.3 is 5.97 Å². The first kappa shape index (κ1) is 19.1. The molecule has 2 heterocycles. The molecule has 0 bridgehead atoms. The second-order valence-corrected chi connectivity index (χ2v) is 6.81. The summed E-state index contributed by atoms with van der Waals surface area (Å²) < 4.78 is 20.4. The van der Waals surface area contributed by atoms with Gasteiger partial charge < -0.3 is 14.6 Å². The van der Waals surface area contributed by atoms with Crippen molar-refractivity contribution in [2.75, 3.05) is 32.1 Å². The summed E-state index contributed by atoms with van der Waals surface area (Å²) in [6.45, 7) is 3.44. The first-order valence-corrected chi connectivity index (χ1v) is 9.01. The maximum Gasteiger partial charge on any atom is 0.354 e. The summed E-state index contributed by atoms with van der Waals surface area (Å²) >= 11 is 0. The minimum Gasteiger partial charge on any atom is -0.464 e. The summed E-state index contributed by atoms with van der Waals surface area (Å²) in [4.78, 5) is 26.1. The SMILES string of the molecule is COC(=O)c1cccn1C1CCN(CC(=O)Nc2ccc(C)c(F)c2)CC1. The van der Waals surface area contributed by atoms with Gasteiger partial charge in [0.05, 0.1) is 13.7 Å². The zero-order chi connectivity index (χ0) is 19.4. The molecular formula is C20H24FN3O3. The van der Waals surface area contributed by atoms with Crippen LogP contribution in [0.3, 0.4) is 0 Å². The maximum atomic E-state index is 13.6. The minimum atomic E-state index is -0.341. The third-order valence-electron chi connectivity index (χ3n) is 4.95. The number of likely N-dealkylation sites (tertiary alicyclic amines) is 1. The quantitative estimate of drug-likeness (QED) is 0.819. The first-order valence-electron chi connectivity index (χ1n) is 9.01. The number of aromatic nitrogens is 1. The van der Waals surface area contributed by atoms with Crippen LogP contribution in [0.4, 0.5) is 10.1 Å². The Kier molecular flexibility index (Phi) is 5.91. The molecule has 1 N–H and O–H groups in total. The van der Waals surface area contributed by atoms with Gasteiger partial charge in [0, 0.05) is 31.0 Å². The third-order valence-corrected chi connectivity index (χ3v) is 4.95. The van der Waals surface area contributed by atoms with Crippen molar-refractivity contribution in [3.63, 3.8) is 0 Å². The van der Waals surface area contributed by atoms with E-state index in [0.29, 0.717) is 16.9 Å². The molecule has 27 heavy (non-hydrogen) atoms. The van der Waals surface area contributed by atoms with E-state index in [-0.39, 0.29) is 30.3 Å². The van der Waals surface area contributed by atoms with Crippen molar-refractivity contribution in [2.45, 2.75) is 25.8 Å². The van der Waals surface area contributed by atoms with E-state index in [1.54, 1.807) is 25.1 Å². The molecule has 0 unspecified atom stereocenters. The fourth-order valence-corrected chi connectivity index (χ4v) is 3.42. The molecule has 2 aromatic rings. The number of nitrogens with zero attached hydrogens (tertiary/aromatic N) is 2. The molecule has 1 aliphatic rings. The van der Waals surface area contributed by atoms with E-state index >= 15 is 0 Å². The molecule has 0 aliphatic carbocycles. The van der Waals surface area contributed by atoms with Gasteiger partial charge in [-0.25, -0.2) is 9.18 Å². The highest BCUT2D eigenvalue weighted by molar-refractivity contribution is 5.92. The molecule has 0 spiro atoms. The number of ether oxygens (including phenoxy) is 1. The Morgan fingerprint density at radius 1 is 1.26 bits per heavy atom. The molecule has 1 aromatic carbocycles. The fraction of sp³-hybridized carbons (Fsp3) is 0.400. The van der Waals surface area contributed by atoms with E-state index in [1.807, 2.05) is 16.8 Å². The summed E-state index contributed by atoms with van der Waals surface area (Å²) in [5.41, 5.74) is 1.56. The number of benzene rings is 1. The Bertz CT molecular complexity index is 826. The number of piperidine rings is 1. The van der Waals surface area contributed by atoms with E-state index in [0.717, 1.165) is 25.9 Å². The number of anilines is 1. The predicted molar refractivity (Wildman–Crippen MR) is 100 cm³/mol. The second-order valence-electron chi connectivity index (χ2n) is 6.81. The van der Waals surface area contributed by atoms with E-state index in [1.165, 1.54) is 13.2 Å². The van der Waals surface area contributed by atoms with Crippen LogP contribution < -0.4 is 5.32 Å². The summed E-state index contributed by atoms with van der Waals surface area (Å²) in [5.74, 6) is -0.832. The van der Waals surface area contributed by atoms with Gasteiger partial charge in [-0.2, -0.15) is 0 Å². The van der Waals surface area contributed by atoms with Crippen LogP contribution in [0.2, 0.25) is 0 Å². The zero-order valence-corrected chi connectivity index (χ0v) is 15.6. The molecule has 0 radical (unpaired) electrons. The number of nitrogens with one attached hydrogen (secondary N) is 1. The Morgan fingerprint density at radius 2 is 2.00 bits per heavy atom. The number of carbonyl (C=O) groups is 2.